The van der Waals surface area contributed by atoms with Gasteiger partial charge in [-0.1, -0.05) is 18.2 Å². The van der Waals surface area contributed by atoms with Gasteiger partial charge in [-0.3, -0.25) is 9.59 Å². The first-order valence-electron chi connectivity index (χ1n) is 8.66. The number of nitrogens with one attached hydrogen (secondary N) is 1. The summed E-state index contributed by atoms with van der Waals surface area (Å²) in [4.78, 5) is 29.0. The third-order valence-corrected chi connectivity index (χ3v) is 5.16. The number of carbonyl (C=O) groups is 2. The summed E-state index contributed by atoms with van der Waals surface area (Å²) in [6, 6.07) is 8.10. The van der Waals surface area contributed by atoms with Crippen molar-refractivity contribution in [2.45, 2.75) is 39.2 Å². The predicted octanol–water partition coefficient (Wildman–Crippen LogP) is 3.41. The summed E-state index contributed by atoms with van der Waals surface area (Å²) in [6.07, 6.45) is 4.55. The average Bonchev–Trinajstić information content (AvgIpc) is 3.02. The molecule has 128 valence electrons. The van der Waals surface area contributed by atoms with Crippen LogP contribution in [0.4, 0.5) is 0 Å². The number of aliphatic carboxylic acids is 1. The quantitative estimate of drug-likeness (QED) is 0.883. The summed E-state index contributed by atoms with van der Waals surface area (Å²) in [7, 11) is 0. The summed E-state index contributed by atoms with van der Waals surface area (Å²) in [5, 5.41) is 10.2. The molecule has 2 N–H and O–H groups in total. The number of fused-ring (bicyclic) bond motifs is 1. The van der Waals surface area contributed by atoms with E-state index in [9.17, 15) is 9.59 Å². The Kier molecular flexibility index (Phi) is 4.88. The molecule has 3 rings (SSSR count). The highest BCUT2D eigenvalue weighted by Crippen LogP contribution is 2.31. The summed E-state index contributed by atoms with van der Waals surface area (Å²) < 4.78 is 0. The second kappa shape index (κ2) is 7.07. The highest BCUT2D eigenvalue weighted by molar-refractivity contribution is 5.84. The van der Waals surface area contributed by atoms with Crippen LogP contribution in [0.1, 0.15) is 38.2 Å². The Morgan fingerprint density at radius 3 is 2.50 bits per heavy atom. The number of carboxylic acids is 1. The van der Waals surface area contributed by atoms with E-state index in [0.717, 1.165) is 16.5 Å². The number of benzene rings is 1. The molecule has 0 spiro atoms. The summed E-state index contributed by atoms with van der Waals surface area (Å²) in [5.74, 6) is -0.887. The van der Waals surface area contributed by atoms with Crippen molar-refractivity contribution < 1.29 is 14.7 Å². The van der Waals surface area contributed by atoms with E-state index in [1.807, 2.05) is 36.2 Å². The highest BCUT2D eigenvalue weighted by atomic mass is 16.4. The van der Waals surface area contributed by atoms with Gasteiger partial charge in [-0.15, -0.1) is 0 Å². The molecule has 0 aliphatic heterocycles. The number of hydrogen-bond donors (Lipinski definition) is 2. The van der Waals surface area contributed by atoms with Crippen molar-refractivity contribution in [2.24, 2.45) is 11.8 Å². The molecule has 0 atom stereocenters. The molecule has 24 heavy (non-hydrogen) atoms. The zero-order valence-corrected chi connectivity index (χ0v) is 14.0. The predicted molar refractivity (Wildman–Crippen MR) is 92.5 cm³/mol. The zero-order chi connectivity index (χ0) is 17.1. The summed E-state index contributed by atoms with van der Waals surface area (Å²) in [6.45, 7) is 3.25. The Morgan fingerprint density at radius 1 is 1.17 bits per heavy atom. The molecule has 1 fully saturated rings. The van der Waals surface area contributed by atoms with Crippen molar-refractivity contribution in [3.63, 3.8) is 0 Å². The molecule has 1 heterocycles. The lowest BCUT2D eigenvalue weighted by atomic mass is 9.81. The van der Waals surface area contributed by atoms with E-state index in [1.54, 1.807) is 0 Å². The molecule has 5 nitrogen and oxygen atoms in total. The van der Waals surface area contributed by atoms with Crippen LogP contribution in [0, 0.1) is 11.8 Å². The number of nitrogens with zero attached hydrogens (tertiary/aromatic N) is 1. The zero-order valence-electron chi connectivity index (χ0n) is 14.0. The molecule has 0 saturated heterocycles. The Morgan fingerprint density at radius 2 is 1.83 bits per heavy atom. The standard InChI is InChI=1S/C19H24N2O3/c1-2-21(12-15-11-20-17-6-4-3-5-16(15)17)18(22)13-7-9-14(10-8-13)19(23)24/h3-6,11,13-14,20H,2,7-10,12H2,1H3,(H,23,24). The second-order valence-corrected chi connectivity index (χ2v) is 6.60. The second-order valence-electron chi connectivity index (χ2n) is 6.60. The molecule has 1 aliphatic carbocycles. The maximum Gasteiger partial charge on any atom is 0.306 e. The molecule has 1 aromatic heterocycles. The van der Waals surface area contributed by atoms with E-state index in [2.05, 4.69) is 11.1 Å². The number of carboxylic acid groups (broad SMARTS) is 1. The topological polar surface area (TPSA) is 73.4 Å². The van der Waals surface area contributed by atoms with Gasteiger partial charge in [-0.25, -0.2) is 0 Å². The Balaban J connectivity index is 1.68. The average molecular weight is 328 g/mol. The fourth-order valence-electron chi connectivity index (χ4n) is 3.66. The molecule has 1 saturated carbocycles. The number of para-hydroxylation sites is 1. The fraction of sp³-hybridized carbons (Fsp3) is 0.474. The van der Waals surface area contributed by atoms with Crippen LogP contribution in [-0.4, -0.2) is 33.4 Å². The van der Waals surface area contributed by atoms with Crippen LogP contribution >= 0.6 is 0 Å². The smallest absolute Gasteiger partial charge is 0.306 e. The van der Waals surface area contributed by atoms with Crippen molar-refractivity contribution in [3.8, 4) is 0 Å². The van der Waals surface area contributed by atoms with Crippen LogP contribution in [-0.2, 0) is 16.1 Å². The van der Waals surface area contributed by atoms with Crippen molar-refractivity contribution in [2.75, 3.05) is 6.54 Å². The van der Waals surface area contributed by atoms with E-state index in [1.165, 1.54) is 0 Å². The van der Waals surface area contributed by atoms with Crippen LogP contribution in [0.25, 0.3) is 10.9 Å². The van der Waals surface area contributed by atoms with E-state index >= 15 is 0 Å². The number of hydrogen-bond acceptors (Lipinski definition) is 2. The van der Waals surface area contributed by atoms with Crippen molar-refractivity contribution in [3.05, 3.63) is 36.0 Å². The largest absolute Gasteiger partial charge is 0.481 e. The third-order valence-electron chi connectivity index (χ3n) is 5.16. The molecule has 5 heteroatoms. The SMILES string of the molecule is CCN(Cc1c[nH]c2ccccc12)C(=O)C1CCC(C(=O)O)CC1. The first-order chi connectivity index (χ1) is 11.6. The van der Waals surface area contributed by atoms with Crippen LogP contribution in [0.2, 0.25) is 0 Å². The lowest BCUT2D eigenvalue weighted by Gasteiger charge is -2.30. The van der Waals surface area contributed by atoms with Crippen LogP contribution in [0.15, 0.2) is 30.5 Å². The molecule has 2 aromatic rings. The van der Waals surface area contributed by atoms with Gasteiger partial charge < -0.3 is 15.0 Å². The first kappa shape index (κ1) is 16.6. The minimum absolute atomic E-state index is 0.0363. The number of H-pyrrole nitrogens is 1. The van der Waals surface area contributed by atoms with E-state index in [4.69, 9.17) is 5.11 Å². The molecule has 1 aromatic carbocycles. The van der Waals surface area contributed by atoms with Gasteiger partial charge in [0.25, 0.3) is 0 Å². The molecule has 1 aliphatic rings. The molecular weight excluding hydrogens is 304 g/mol. The Hall–Kier alpha value is -2.30. The van der Waals surface area contributed by atoms with Gasteiger partial charge >= 0.3 is 5.97 Å². The Bertz CT molecular complexity index is 729. The van der Waals surface area contributed by atoms with E-state index < -0.39 is 5.97 Å². The number of aromatic amines is 1. The summed E-state index contributed by atoms with van der Waals surface area (Å²) in [5.41, 5.74) is 2.21. The number of aromatic nitrogens is 1. The lowest BCUT2D eigenvalue weighted by Crippen LogP contribution is -2.37. The number of carbonyl (C=O) groups excluding carboxylic acids is 1. The van der Waals surface area contributed by atoms with Gasteiger partial charge in [0.2, 0.25) is 5.91 Å². The normalized spacial score (nSPS) is 20.9. The van der Waals surface area contributed by atoms with Gasteiger partial charge in [0, 0.05) is 36.1 Å². The van der Waals surface area contributed by atoms with Crippen molar-refractivity contribution in [1.29, 1.82) is 0 Å². The third kappa shape index (κ3) is 3.30. The maximum atomic E-state index is 12.8. The Labute approximate surface area is 141 Å². The fourth-order valence-corrected chi connectivity index (χ4v) is 3.66. The van der Waals surface area contributed by atoms with Gasteiger partial charge in [0.15, 0.2) is 0 Å². The molecule has 1 amide bonds. The van der Waals surface area contributed by atoms with Crippen molar-refractivity contribution >= 4 is 22.8 Å². The monoisotopic (exact) mass is 328 g/mol. The maximum absolute atomic E-state index is 12.8. The molecule has 0 bridgehead atoms. The highest BCUT2D eigenvalue weighted by Gasteiger charge is 2.31. The molecule has 0 radical (unpaired) electrons. The minimum atomic E-state index is -0.730. The van der Waals surface area contributed by atoms with Crippen molar-refractivity contribution in [1.82, 2.24) is 9.88 Å². The molecular formula is C19H24N2O3. The van der Waals surface area contributed by atoms with E-state index in [-0.39, 0.29) is 17.7 Å². The van der Waals surface area contributed by atoms with Crippen LogP contribution in [0.3, 0.4) is 0 Å². The van der Waals surface area contributed by atoms with E-state index in [0.29, 0.717) is 38.8 Å². The number of amides is 1. The minimum Gasteiger partial charge on any atom is -0.481 e. The summed E-state index contributed by atoms with van der Waals surface area (Å²) >= 11 is 0. The lowest BCUT2D eigenvalue weighted by molar-refractivity contribution is -0.145. The van der Waals surface area contributed by atoms with Gasteiger partial charge in [-0.05, 0) is 44.2 Å². The molecule has 0 unspecified atom stereocenters. The van der Waals surface area contributed by atoms with Gasteiger partial charge in [0.05, 0.1) is 5.92 Å². The first-order valence-corrected chi connectivity index (χ1v) is 8.66. The number of rotatable bonds is 5. The van der Waals surface area contributed by atoms with Gasteiger partial charge in [-0.2, -0.15) is 0 Å². The van der Waals surface area contributed by atoms with Gasteiger partial charge in [0.1, 0.15) is 0 Å². The van der Waals surface area contributed by atoms with Crippen LogP contribution < -0.4 is 0 Å². The van der Waals surface area contributed by atoms with Crippen LogP contribution in [0.5, 0.6) is 0 Å².